The predicted molar refractivity (Wildman–Crippen MR) is 164 cm³/mol. The smallest absolute Gasteiger partial charge is 0.272 e. The fourth-order valence-corrected chi connectivity index (χ4v) is 6.20. The first-order valence-electron chi connectivity index (χ1n) is 15.3. The van der Waals surface area contributed by atoms with Gasteiger partial charge >= 0.3 is 0 Å². The van der Waals surface area contributed by atoms with Gasteiger partial charge in [-0.2, -0.15) is 5.10 Å². The van der Waals surface area contributed by atoms with Gasteiger partial charge in [0.2, 0.25) is 0 Å². The van der Waals surface area contributed by atoms with Crippen LogP contribution in [0, 0.1) is 17.7 Å². The van der Waals surface area contributed by atoms with Crippen molar-refractivity contribution in [1.82, 2.24) is 24.6 Å². The second-order valence-corrected chi connectivity index (χ2v) is 11.8. The van der Waals surface area contributed by atoms with Gasteiger partial charge in [-0.15, -0.1) is 0 Å². The highest BCUT2D eigenvalue weighted by molar-refractivity contribution is 5.99. The highest BCUT2D eigenvalue weighted by atomic mass is 19.1. The number of hydrogen-bond acceptors (Lipinski definition) is 6. The number of nitrogens with zero attached hydrogens (tertiary/aromatic N) is 5. The van der Waals surface area contributed by atoms with E-state index in [0.717, 1.165) is 43.7 Å². The molecule has 8 nitrogen and oxygen atoms in total. The average Bonchev–Trinajstić information content (AvgIpc) is 3.62. The van der Waals surface area contributed by atoms with E-state index in [1.165, 1.54) is 18.3 Å². The number of aromatic nitrogens is 3. The van der Waals surface area contributed by atoms with Crippen LogP contribution in [-0.4, -0.2) is 68.2 Å². The van der Waals surface area contributed by atoms with Crippen LogP contribution in [0.4, 0.5) is 4.39 Å². The van der Waals surface area contributed by atoms with E-state index in [-0.39, 0.29) is 29.2 Å². The number of ketones is 2. The molecule has 4 heterocycles. The zero-order valence-corrected chi connectivity index (χ0v) is 24.6. The van der Waals surface area contributed by atoms with Crippen molar-refractivity contribution >= 4 is 17.5 Å². The summed E-state index contributed by atoms with van der Waals surface area (Å²) in [7, 11) is 0. The summed E-state index contributed by atoms with van der Waals surface area (Å²) in [6.45, 7) is 3.57. The predicted octanol–water partition coefficient (Wildman–Crippen LogP) is 5.63. The van der Waals surface area contributed by atoms with E-state index in [0.29, 0.717) is 55.1 Å². The SMILES string of the molecule is O=C(CC1CCN(Cc2ccc(F)cc2)CC1)c1ccc(C(=O)N2CCC(C(=O)c3ccc(-n4cccn4)cc3)CC2)nc1. The molecular formula is C35H36FN5O3. The number of halogens is 1. The monoisotopic (exact) mass is 593 g/mol. The Morgan fingerprint density at radius 1 is 0.818 bits per heavy atom. The standard InChI is InChI=1S/C35H36FN5O3/c36-30-7-2-26(3-8-30)24-39-18-12-25(13-19-39)22-33(42)29-6-11-32(37-23-29)35(44)40-20-14-28(15-21-40)34(43)27-4-9-31(10-5-27)41-17-1-16-38-41/h1-11,16-17,23,25,28H,12-15,18-22,24H2. The molecule has 0 bridgehead atoms. The molecule has 0 radical (unpaired) electrons. The molecule has 0 saturated carbocycles. The molecule has 44 heavy (non-hydrogen) atoms. The Morgan fingerprint density at radius 2 is 1.52 bits per heavy atom. The number of benzene rings is 2. The molecule has 2 aromatic carbocycles. The molecule has 2 fully saturated rings. The van der Waals surface area contributed by atoms with E-state index in [1.54, 1.807) is 27.9 Å². The van der Waals surface area contributed by atoms with E-state index in [4.69, 9.17) is 0 Å². The Hall–Kier alpha value is -4.50. The van der Waals surface area contributed by atoms with Crippen molar-refractivity contribution in [3.8, 4) is 5.69 Å². The second kappa shape index (κ2) is 13.4. The molecule has 2 aromatic heterocycles. The van der Waals surface area contributed by atoms with Crippen molar-refractivity contribution in [3.63, 3.8) is 0 Å². The lowest BCUT2D eigenvalue weighted by Crippen LogP contribution is -2.40. The number of pyridine rings is 1. The van der Waals surface area contributed by atoms with Crippen LogP contribution >= 0.6 is 0 Å². The summed E-state index contributed by atoms with van der Waals surface area (Å²) in [6.07, 6.45) is 8.63. The highest BCUT2D eigenvalue weighted by Crippen LogP contribution is 2.25. The Kier molecular flexibility index (Phi) is 9.02. The van der Waals surface area contributed by atoms with Crippen LogP contribution in [0.15, 0.2) is 85.3 Å². The Morgan fingerprint density at radius 3 is 2.16 bits per heavy atom. The molecule has 1 amide bonds. The van der Waals surface area contributed by atoms with E-state index in [2.05, 4.69) is 15.0 Å². The van der Waals surface area contributed by atoms with Gasteiger partial charge in [-0.1, -0.05) is 12.1 Å². The average molecular weight is 594 g/mol. The maximum Gasteiger partial charge on any atom is 0.272 e. The first kappa shape index (κ1) is 29.6. The van der Waals surface area contributed by atoms with Gasteiger partial charge in [0.1, 0.15) is 11.5 Å². The van der Waals surface area contributed by atoms with Crippen molar-refractivity contribution in [2.45, 2.75) is 38.6 Å². The molecule has 2 aliphatic heterocycles. The summed E-state index contributed by atoms with van der Waals surface area (Å²) < 4.78 is 14.9. The molecule has 2 aliphatic rings. The minimum absolute atomic E-state index is 0.0467. The normalized spacial score (nSPS) is 16.6. The summed E-state index contributed by atoms with van der Waals surface area (Å²) in [5, 5.41) is 4.22. The molecule has 0 unspecified atom stereocenters. The zero-order chi connectivity index (χ0) is 30.5. The molecule has 0 atom stereocenters. The fraction of sp³-hybridized carbons (Fsp3) is 0.343. The maximum absolute atomic E-state index is 13.2. The highest BCUT2D eigenvalue weighted by Gasteiger charge is 2.29. The quantitative estimate of drug-likeness (QED) is 0.234. The van der Waals surface area contributed by atoms with E-state index in [9.17, 15) is 18.8 Å². The number of Topliss-reactive ketones (excluding diaryl/α,β-unsaturated/α-hetero) is 2. The summed E-state index contributed by atoms with van der Waals surface area (Å²) in [5.41, 5.74) is 3.50. The molecule has 9 heteroatoms. The van der Waals surface area contributed by atoms with E-state index in [1.807, 2.05) is 48.7 Å². The third kappa shape index (κ3) is 7.00. The van der Waals surface area contributed by atoms with Gasteiger partial charge in [0.15, 0.2) is 11.6 Å². The lowest BCUT2D eigenvalue weighted by atomic mass is 9.88. The summed E-state index contributed by atoms with van der Waals surface area (Å²) in [4.78, 5) is 47.6. The zero-order valence-electron chi connectivity index (χ0n) is 24.6. The first-order chi connectivity index (χ1) is 21.4. The number of piperidine rings is 2. The second-order valence-electron chi connectivity index (χ2n) is 11.8. The summed E-state index contributed by atoms with van der Waals surface area (Å²) >= 11 is 0. The number of amides is 1. The molecule has 2 saturated heterocycles. The van der Waals surface area contributed by atoms with E-state index >= 15 is 0 Å². The van der Waals surface area contributed by atoms with Crippen LogP contribution in [0.1, 0.15) is 68.9 Å². The molecule has 4 aromatic rings. The van der Waals surface area contributed by atoms with E-state index < -0.39 is 0 Å². The minimum atomic E-state index is -0.226. The fourth-order valence-electron chi connectivity index (χ4n) is 6.20. The first-order valence-corrected chi connectivity index (χ1v) is 15.3. The lowest BCUT2D eigenvalue weighted by molar-refractivity contribution is 0.0645. The van der Waals surface area contributed by atoms with Crippen molar-refractivity contribution in [1.29, 1.82) is 0 Å². The minimum Gasteiger partial charge on any atom is -0.337 e. The molecule has 0 aliphatic carbocycles. The lowest BCUT2D eigenvalue weighted by Gasteiger charge is -2.31. The Bertz CT molecular complexity index is 1570. The number of carbonyl (C=O) groups excluding carboxylic acids is 3. The van der Waals surface area contributed by atoms with Crippen LogP contribution in [0.5, 0.6) is 0 Å². The molecular weight excluding hydrogens is 557 g/mol. The van der Waals surface area contributed by atoms with Crippen LogP contribution < -0.4 is 0 Å². The van der Waals surface area contributed by atoms with Gasteiger partial charge in [0, 0.05) is 61.7 Å². The third-order valence-electron chi connectivity index (χ3n) is 8.88. The molecule has 0 spiro atoms. The Balaban J connectivity index is 0.951. The van der Waals surface area contributed by atoms with Gasteiger partial charge < -0.3 is 4.90 Å². The van der Waals surface area contributed by atoms with Crippen LogP contribution in [0.25, 0.3) is 5.69 Å². The van der Waals surface area contributed by atoms with Crippen molar-refractivity contribution in [2.75, 3.05) is 26.2 Å². The molecule has 0 N–H and O–H groups in total. The molecule has 226 valence electrons. The van der Waals surface area contributed by atoms with Crippen molar-refractivity contribution in [3.05, 3.63) is 114 Å². The van der Waals surface area contributed by atoms with Gasteiger partial charge in [-0.25, -0.2) is 9.07 Å². The van der Waals surface area contributed by atoms with Crippen LogP contribution in [0.3, 0.4) is 0 Å². The molecule has 6 rings (SSSR count). The van der Waals surface area contributed by atoms with Gasteiger partial charge in [0.25, 0.3) is 5.91 Å². The van der Waals surface area contributed by atoms with Crippen LogP contribution in [0.2, 0.25) is 0 Å². The van der Waals surface area contributed by atoms with Gasteiger partial charge in [0.05, 0.1) is 5.69 Å². The largest absolute Gasteiger partial charge is 0.337 e. The van der Waals surface area contributed by atoms with Gasteiger partial charge in [-0.05, 0) is 105 Å². The number of hydrogen-bond donors (Lipinski definition) is 0. The number of rotatable bonds is 9. The topological polar surface area (TPSA) is 88.4 Å². The summed E-state index contributed by atoms with van der Waals surface area (Å²) in [6, 6.07) is 19.3. The Labute approximate surface area is 256 Å². The third-order valence-corrected chi connectivity index (χ3v) is 8.88. The number of carbonyl (C=O) groups is 3. The van der Waals surface area contributed by atoms with Crippen molar-refractivity contribution < 1.29 is 18.8 Å². The van der Waals surface area contributed by atoms with Crippen LogP contribution in [-0.2, 0) is 6.54 Å². The number of likely N-dealkylation sites (tertiary alicyclic amines) is 2. The summed E-state index contributed by atoms with van der Waals surface area (Å²) in [5.74, 6) is -0.0681. The van der Waals surface area contributed by atoms with Crippen molar-refractivity contribution in [2.24, 2.45) is 11.8 Å². The maximum atomic E-state index is 13.2. The van der Waals surface area contributed by atoms with Gasteiger partial charge in [-0.3, -0.25) is 24.3 Å².